The van der Waals surface area contributed by atoms with E-state index in [0.29, 0.717) is 11.6 Å². The molecule has 0 saturated carbocycles. The molecule has 0 aliphatic heterocycles. The average molecular weight is 303 g/mol. The highest BCUT2D eigenvalue weighted by Gasteiger charge is 1.97. The number of benzene rings is 1. The highest BCUT2D eigenvalue weighted by atomic mass is 35.5. The lowest BCUT2D eigenvalue weighted by Gasteiger charge is -2.06. The largest absolute Gasteiger partial charge is 0.493 e. The fourth-order valence-electron chi connectivity index (χ4n) is 1.51. The maximum atomic E-state index is 10.3. The Morgan fingerprint density at radius 1 is 1.16 bits per heavy atom. The SMILES string of the molecule is O=C(O)CCCCCSCCOc1ccc(Cl)cc1. The van der Waals surface area contributed by atoms with Gasteiger partial charge in [0.25, 0.3) is 0 Å². The van der Waals surface area contributed by atoms with Gasteiger partial charge in [-0.3, -0.25) is 4.79 Å². The number of unbranched alkanes of at least 4 members (excludes halogenated alkanes) is 2. The van der Waals surface area contributed by atoms with Gasteiger partial charge in [-0.2, -0.15) is 11.8 Å². The summed E-state index contributed by atoms with van der Waals surface area (Å²) in [6.45, 7) is 0.682. The quantitative estimate of drug-likeness (QED) is 0.661. The first-order valence-corrected chi connectivity index (χ1v) is 7.89. The zero-order valence-corrected chi connectivity index (χ0v) is 12.4. The lowest BCUT2D eigenvalue weighted by atomic mass is 10.2. The number of carboxylic acids is 1. The molecule has 0 spiro atoms. The van der Waals surface area contributed by atoms with Crippen molar-refractivity contribution in [1.29, 1.82) is 0 Å². The summed E-state index contributed by atoms with van der Waals surface area (Å²) in [6, 6.07) is 7.34. The van der Waals surface area contributed by atoms with Gasteiger partial charge in [-0.25, -0.2) is 0 Å². The summed E-state index contributed by atoms with van der Waals surface area (Å²) in [5.41, 5.74) is 0. The summed E-state index contributed by atoms with van der Waals surface area (Å²) in [7, 11) is 0. The van der Waals surface area contributed by atoms with Gasteiger partial charge in [0.05, 0.1) is 6.61 Å². The van der Waals surface area contributed by atoms with Gasteiger partial charge in [-0.15, -0.1) is 0 Å². The third-order valence-electron chi connectivity index (χ3n) is 2.49. The Morgan fingerprint density at radius 3 is 2.58 bits per heavy atom. The van der Waals surface area contributed by atoms with Crippen LogP contribution in [0.15, 0.2) is 24.3 Å². The molecule has 1 rings (SSSR count). The Morgan fingerprint density at radius 2 is 1.89 bits per heavy atom. The predicted octanol–water partition coefficient (Wildman–Crippen LogP) is 4.10. The summed E-state index contributed by atoms with van der Waals surface area (Å²) in [5, 5.41) is 9.19. The smallest absolute Gasteiger partial charge is 0.303 e. The van der Waals surface area contributed by atoms with Gasteiger partial charge in [0.2, 0.25) is 0 Å². The van der Waals surface area contributed by atoms with Crippen molar-refractivity contribution in [2.45, 2.75) is 25.7 Å². The van der Waals surface area contributed by atoms with Crippen molar-refractivity contribution in [3.63, 3.8) is 0 Å². The summed E-state index contributed by atoms with van der Waals surface area (Å²) in [4.78, 5) is 10.3. The van der Waals surface area contributed by atoms with Crippen LogP contribution in [0.4, 0.5) is 0 Å². The standard InChI is InChI=1S/C14H19ClO3S/c15-12-5-7-13(8-6-12)18-9-11-19-10-3-1-2-4-14(16)17/h5-8H,1-4,9-11H2,(H,16,17). The number of rotatable bonds is 10. The third kappa shape index (κ3) is 8.78. The van der Waals surface area contributed by atoms with E-state index < -0.39 is 5.97 Å². The molecular formula is C14H19ClO3S. The number of aliphatic carboxylic acids is 1. The van der Waals surface area contributed by atoms with Crippen molar-refractivity contribution >= 4 is 29.3 Å². The zero-order chi connectivity index (χ0) is 13.9. The number of carboxylic acid groups (broad SMARTS) is 1. The van der Waals surface area contributed by atoms with Crippen molar-refractivity contribution in [2.75, 3.05) is 18.1 Å². The van der Waals surface area contributed by atoms with Crippen LogP contribution in [0.1, 0.15) is 25.7 Å². The first-order chi connectivity index (χ1) is 9.18. The number of thioether (sulfide) groups is 1. The Balaban J connectivity index is 1.91. The van der Waals surface area contributed by atoms with Gasteiger partial charge >= 0.3 is 5.97 Å². The van der Waals surface area contributed by atoms with Crippen molar-refractivity contribution < 1.29 is 14.6 Å². The van der Waals surface area contributed by atoms with E-state index >= 15 is 0 Å². The van der Waals surface area contributed by atoms with Gasteiger partial charge in [-0.05, 0) is 42.9 Å². The molecule has 0 aliphatic carbocycles. The molecule has 0 saturated heterocycles. The molecule has 0 heterocycles. The molecule has 5 heteroatoms. The van der Waals surface area contributed by atoms with Crippen molar-refractivity contribution in [1.82, 2.24) is 0 Å². The minimum atomic E-state index is -0.705. The maximum absolute atomic E-state index is 10.3. The van der Waals surface area contributed by atoms with E-state index in [1.54, 1.807) is 0 Å². The van der Waals surface area contributed by atoms with Crippen LogP contribution in [0.2, 0.25) is 5.02 Å². The summed E-state index contributed by atoms with van der Waals surface area (Å²) in [5.74, 6) is 2.14. The van der Waals surface area contributed by atoms with E-state index in [9.17, 15) is 4.79 Å². The van der Waals surface area contributed by atoms with E-state index in [4.69, 9.17) is 21.4 Å². The van der Waals surface area contributed by atoms with Crippen LogP contribution in [0.5, 0.6) is 5.75 Å². The molecule has 0 bridgehead atoms. The van der Waals surface area contributed by atoms with E-state index in [2.05, 4.69) is 0 Å². The lowest BCUT2D eigenvalue weighted by molar-refractivity contribution is -0.137. The van der Waals surface area contributed by atoms with E-state index in [-0.39, 0.29) is 6.42 Å². The van der Waals surface area contributed by atoms with Crippen LogP contribution in [0, 0.1) is 0 Å². The molecule has 1 N–H and O–H groups in total. The number of hydrogen-bond acceptors (Lipinski definition) is 3. The monoisotopic (exact) mass is 302 g/mol. The third-order valence-corrected chi connectivity index (χ3v) is 3.77. The average Bonchev–Trinajstić information content (AvgIpc) is 2.38. The molecule has 0 amide bonds. The molecular weight excluding hydrogens is 284 g/mol. The van der Waals surface area contributed by atoms with E-state index in [0.717, 1.165) is 36.5 Å². The second kappa shape index (κ2) is 9.98. The summed E-state index contributed by atoms with van der Waals surface area (Å²) < 4.78 is 5.56. The Hall–Kier alpha value is -0.870. The Labute approximate surface area is 123 Å². The lowest BCUT2D eigenvalue weighted by Crippen LogP contribution is -2.00. The van der Waals surface area contributed by atoms with E-state index in [1.165, 1.54) is 0 Å². The zero-order valence-electron chi connectivity index (χ0n) is 10.8. The van der Waals surface area contributed by atoms with Gasteiger partial charge in [0.15, 0.2) is 0 Å². The molecule has 0 aromatic heterocycles. The van der Waals surface area contributed by atoms with Gasteiger partial charge in [-0.1, -0.05) is 18.0 Å². The Kier molecular flexibility index (Phi) is 8.50. The molecule has 1 aromatic carbocycles. The fraction of sp³-hybridized carbons (Fsp3) is 0.500. The highest BCUT2D eigenvalue weighted by molar-refractivity contribution is 7.99. The van der Waals surface area contributed by atoms with Crippen LogP contribution in [-0.4, -0.2) is 29.2 Å². The van der Waals surface area contributed by atoms with E-state index in [1.807, 2.05) is 36.0 Å². The summed E-state index contributed by atoms with van der Waals surface area (Å²) >= 11 is 7.61. The molecule has 0 aliphatic rings. The van der Waals surface area contributed by atoms with Crippen LogP contribution in [-0.2, 0) is 4.79 Å². The van der Waals surface area contributed by atoms with Gasteiger partial charge in [0.1, 0.15) is 5.75 Å². The second-order valence-electron chi connectivity index (χ2n) is 4.12. The normalized spacial score (nSPS) is 10.4. The maximum Gasteiger partial charge on any atom is 0.303 e. The first kappa shape index (κ1) is 16.2. The van der Waals surface area contributed by atoms with Crippen molar-refractivity contribution in [3.8, 4) is 5.75 Å². The highest BCUT2D eigenvalue weighted by Crippen LogP contribution is 2.16. The molecule has 0 fully saturated rings. The Bertz CT molecular complexity index is 367. The topological polar surface area (TPSA) is 46.5 Å². The van der Waals surface area contributed by atoms with Gasteiger partial charge in [0, 0.05) is 17.2 Å². The predicted molar refractivity (Wildman–Crippen MR) is 80.4 cm³/mol. The number of hydrogen-bond donors (Lipinski definition) is 1. The number of halogens is 1. The molecule has 0 unspecified atom stereocenters. The molecule has 3 nitrogen and oxygen atoms in total. The van der Waals surface area contributed by atoms with Crippen LogP contribution in [0.3, 0.4) is 0 Å². The number of ether oxygens (including phenoxy) is 1. The molecule has 106 valence electrons. The van der Waals surface area contributed by atoms with Crippen molar-refractivity contribution in [2.24, 2.45) is 0 Å². The summed E-state index contributed by atoms with van der Waals surface area (Å²) in [6.07, 6.45) is 3.11. The molecule has 19 heavy (non-hydrogen) atoms. The van der Waals surface area contributed by atoms with Crippen LogP contribution >= 0.6 is 23.4 Å². The number of carbonyl (C=O) groups is 1. The second-order valence-corrected chi connectivity index (χ2v) is 5.78. The van der Waals surface area contributed by atoms with Gasteiger partial charge < -0.3 is 9.84 Å². The first-order valence-electron chi connectivity index (χ1n) is 6.36. The fourth-order valence-corrected chi connectivity index (χ4v) is 2.45. The molecule has 0 atom stereocenters. The molecule has 1 aromatic rings. The molecule has 0 radical (unpaired) electrons. The minimum absolute atomic E-state index is 0.282. The van der Waals surface area contributed by atoms with Crippen molar-refractivity contribution in [3.05, 3.63) is 29.3 Å². The minimum Gasteiger partial charge on any atom is -0.493 e. The van der Waals surface area contributed by atoms with Crippen LogP contribution in [0.25, 0.3) is 0 Å². The van der Waals surface area contributed by atoms with Crippen LogP contribution < -0.4 is 4.74 Å².